The van der Waals surface area contributed by atoms with Crippen molar-refractivity contribution < 1.29 is 0 Å². The molecule has 0 unspecified atom stereocenters. The first-order valence-electron chi connectivity index (χ1n) is 8.86. The van der Waals surface area contributed by atoms with Crippen LogP contribution in [0.15, 0.2) is 30.5 Å². The summed E-state index contributed by atoms with van der Waals surface area (Å²) in [4.78, 5) is 3.62. The number of hydrogen-bond acceptors (Lipinski definition) is 0. The molecule has 0 aliphatic heterocycles. The topological polar surface area (TPSA) is 15.8 Å². The molecule has 1 saturated carbocycles. The third kappa shape index (κ3) is 3.33. The third-order valence-corrected chi connectivity index (χ3v) is 5.41. The molecule has 0 amide bonds. The fourth-order valence-electron chi connectivity index (χ4n) is 4.04. The SMILES string of the molecule is CC1(c2[nH]cc3ccccc23)CCCCCCCCCC1. The van der Waals surface area contributed by atoms with Crippen LogP contribution in [0, 0.1) is 0 Å². The van der Waals surface area contributed by atoms with Crippen LogP contribution in [0.5, 0.6) is 0 Å². The van der Waals surface area contributed by atoms with E-state index in [1.807, 2.05) is 0 Å². The van der Waals surface area contributed by atoms with Crippen molar-refractivity contribution in [2.75, 3.05) is 0 Å². The van der Waals surface area contributed by atoms with Gasteiger partial charge in [0.05, 0.1) is 0 Å². The lowest BCUT2D eigenvalue weighted by molar-refractivity contribution is 0.365. The van der Waals surface area contributed by atoms with Crippen LogP contribution in [-0.4, -0.2) is 4.98 Å². The first kappa shape index (κ1) is 14.7. The quantitative estimate of drug-likeness (QED) is 0.628. The molecule has 1 heterocycles. The lowest BCUT2D eigenvalue weighted by Crippen LogP contribution is -2.23. The zero-order valence-corrected chi connectivity index (χ0v) is 13.5. The zero-order valence-electron chi connectivity index (χ0n) is 13.5. The Kier molecular flexibility index (Phi) is 4.67. The molecule has 1 aromatic carbocycles. The minimum Gasteiger partial charge on any atom is -0.363 e. The van der Waals surface area contributed by atoms with Gasteiger partial charge in [0.25, 0.3) is 0 Å². The number of hydrogen-bond donors (Lipinski definition) is 1. The number of H-pyrrole nitrogens is 1. The Balaban J connectivity index is 1.87. The summed E-state index contributed by atoms with van der Waals surface area (Å²) in [5, 5.41) is 2.80. The van der Waals surface area contributed by atoms with E-state index in [1.165, 1.54) is 80.7 Å². The molecule has 1 N–H and O–H groups in total. The van der Waals surface area contributed by atoms with Gasteiger partial charge in [0.15, 0.2) is 0 Å². The van der Waals surface area contributed by atoms with Crippen molar-refractivity contribution in [1.82, 2.24) is 4.98 Å². The normalized spacial score (nSPS) is 21.0. The maximum atomic E-state index is 3.62. The van der Waals surface area contributed by atoms with Crippen molar-refractivity contribution in [1.29, 1.82) is 0 Å². The van der Waals surface area contributed by atoms with E-state index < -0.39 is 0 Å². The van der Waals surface area contributed by atoms with Gasteiger partial charge in [-0.1, -0.05) is 82.6 Å². The molecule has 1 heteroatoms. The van der Waals surface area contributed by atoms with Gasteiger partial charge in [-0.3, -0.25) is 0 Å². The van der Waals surface area contributed by atoms with Gasteiger partial charge in [0.1, 0.15) is 0 Å². The standard InChI is InChI=1S/C20H29N/c1-20(14-10-6-4-2-3-5-7-11-15-20)19-18-13-9-8-12-17(18)16-21-19/h8-9,12-13,16,21H,2-7,10-11,14-15H2,1H3. The summed E-state index contributed by atoms with van der Waals surface area (Å²) in [5.41, 5.74) is 1.81. The summed E-state index contributed by atoms with van der Waals surface area (Å²) >= 11 is 0. The van der Waals surface area contributed by atoms with Crippen LogP contribution in [0.1, 0.15) is 76.8 Å². The number of aromatic nitrogens is 1. The second kappa shape index (κ2) is 6.68. The Hall–Kier alpha value is -1.24. The molecule has 1 aliphatic rings. The average molecular weight is 283 g/mol. The minimum absolute atomic E-state index is 0.327. The maximum absolute atomic E-state index is 3.62. The molecule has 1 aromatic heterocycles. The van der Waals surface area contributed by atoms with E-state index in [4.69, 9.17) is 0 Å². The van der Waals surface area contributed by atoms with E-state index in [0.717, 1.165) is 0 Å². The van der Waals surface area contributed by atoms with Crippen LogP contribution in [0.2, 0.25) is 0 Å². The summed E-state index contributed by atoms with van der Waals surface area (Å²) in [6.45, 7) is 2.49. The number of fused-ring (bicyclic) bond motifs is 1. The van der Waals surface area contributed by atoms with Crippen molar-refractivity contribution in [2.24, 2.45) is 0 Å². The smallest absolute Gasteiger partial charge is 0.0287 e. The molecule has 3 rings (SSSR count). The monoisotopic (exact) mass is 283 g/mol. The molecule has 0 atom stereocenters. The van der Waals surface area contributed by atoms with Gasteiger partial charge in [0, 0.05) is 22.7 Å². The van der Waals surface area contributed by atoms with Crippen molar-refractivity contribution in [2.45, 2.75) is 76.5 Å². The number of rotatable bonds is 1. The van der Waals surface area contributed by atoms with E-state index in [1.54, 1.807) is 0 Å². The van der Waals surface area contributed by atoms with E-state index in [9.17, 15) is 0 Å². The van der Waals surface area contributed by atoms with E-state index in [-0.39, 0.29) is 0 Å². The summed E-state index contributed by atoms with van der Waals surface area (Å²) in [7, 11) is 0. The fraction of sp³-hybridized carbons (Fsp3) is 0.600. The van der Waals surface area contributed by atoms with E-state index in [2.05, 4.69) is 42.4 Å². The van der Waals surface area contributed by atoms with Gasteiger partial charge < -0.3 is 4.98 Å². The highest BCUT2D eigenvalue weighted by atomic mass is 14.7. The molecule has 2 aromatic rings. The van der Waals surface area contributed by atoms with Crippen LogP contribution < -0.4 is 0 Å². The zero-order chi connectivity index (χ0) is 14.5. The van der Waals surface area contributed by atoms with E-state index >= 15 is 0 Å². The molecule has 114 valence electrons. The first-order chi connectivity index (χ1) is 10.3. The molecule has 21 heavy (non-hydrogen) atoms. The highest BCUT2D eigenvalue weighted by Gasteiger charge is 2.28. The Labute approximate surface area is 129 Å². The molecular weight excluding hydrogens is 254 g/mol. The van der Waals surface area contributed by atoms with Crippen LogP contribution in [0.25, 0.3) is 10.8 Å². The van der Waals surface area contributed by atoms with Gasteiger partial charge in [-0.15, -0.1) is 0 Å². The van der Waals surface area contributed by atoms with Gasteiger partial charge in [0.2, 0.25) is 0 Å². The number of aromatic amines is 1. The summed E-state index contributed by atoms with van der Waals surface area (Å²) in [6.07, 6.45) is 16.2. The van der Waals surface area contributed by atoms with Gasteiger partial charge >= 0.3 is 0 Å². The van der Waals surface area contributed by atoms with Crippen LogP contribution >= 0.6 is 0 Å². The van der Waals surface area contributed by atoms with Gasteiger partial charge in [-0.05, 0) is 18.2 Å². The summed E-state index contributed by atoms with van der Waals surface area (Å²) in [5.74, 6) is 0. The third-order valence-electron chi connectivity index (χ3n) is 5.41. The lowest BCUT2D eigenvalue weighted by atomic mass is 9.76. The predicted octanol–water partition coefficient (Wildman–Crippen LogP) is 6.34. The molecule has 1 nitrogen and oxygen atoms in total. The number of benzene rings is 1. The molecule has 0 bridgehead atoms. The van der Waals surface area contributed by atoms with Crippen molar-refractivity contribution in [3.05, 3.63) is 36.2 Å². The Morgan fingerprint density at radius 3 is 2.05 bits per heavy atom. The summed E-state index contributed by atoms with van der Waals surface area (Å²) in [6, 6.07) is 8.83. The van der Waals surface area contributed by atoms with Crippen LogP contribution in [-0.2, 0) is 5.41 Å². The average Bonchev–Trinajstić information content (AvgIpc) is 2.91. The second-order valence-electron chi connectivity index (χ2n) is 7.14. The lowest BCUT2D eigenvalue weighted by Gasteiger charge is -2.29. The first-order valence-corrected chi connectivity index (χ1v) is 8.86. The predicted molar refractivity (Wildman–Crippen MR) is 91.8 cm³/mol. The Morgan fingerprint density at radius 1 is 0.810 bits per heavy atom. The van der Waals surface area contributed by atoms with Gasteiger partial charge in [-0.2, -0.15) is 0 Å². The molecule has 1 fully saturated rings. The Bertz CT molecular complexity index is 554. The van der Waals surface area contributed by atoms with Crippen molar-refractivity contribution >= 4 is 10.8 Å². The highest BCUT2D eigenvalue weighted by Crippen LogP contribution is 2.38. The van der Waals surface area contributed by atoms with Gasteiger partial charge in [-0.25, -0.2) is 0 Å². The molecule has 1 aliphatic carbocycles. The largest absolute Gasteiger partial charge is 0.363 e. The molecule has 0 radical (unpaired) electrons. The Morgan fingerprint density at radius 2 is 1.38 bits per heavy atom. The highest BCUT2D eigenvalue weighted by molar-refractivity contribution is 5.86. The fourth-order valence-corrected chi connectivity index (χ4v) is 4.04. The summed E-state index contributed by atoms with van der Waals surface area (Å²) < 4.78 is 0. The molecule has 0 spiro atoms. The maximum Gasteiger partial charge on any atom is 0.0287 e. The van der Waals surface area contributed by atoms with E-state index in [0.29, 0.717) is 5.41 Å². The van der Waals surface area contributed by atoms with Crippen molar-refractivity contribution in [3.63, 3.8) is 0 Å². The van der Waals surface area contributed by atoms with Crippen molar-refractivity contribution in [3.8, 4) is 0 Å². The second-order valence-corrected chi connectivity index (χ2v) is 7.14. The minimum atomic E-state index is 0.327. The van der Waals surface area contributed by atoms with Crippen LogP contribution in [0.3, 0.4) is 0 Å². The van der Waals surface area contributed by atoms with Crippen LogP contribution in [0.4, 0.5) is 0 Å². The molecule has 0 saturated heterocycles. The molecular formula is C20H29N. The number of nitrogens with one attached hydrogen (secondary N) is 1.